The molecule has 136 heavy (non-hydrogen) atoms. The largest absolute Gasteiger partial charge is 0.508 e. The molecule has 1 aliphatic heterocycles. The number of likely N-dealkylation sites (N-methyl/N-ethyl adjacent to an activating group) is 5. The van der Waals surface area contributed by atoms with Crippen molar-refractivity contribution >= 4 is 106 Å². The number of primary amides is 1. The van der Waals surface area contributed by atoms with Gasteiger partial charge in [-0.1, -0.05) is 234 Å². The van der Waals surface area contributed by atoms with Crippen molar-refractivity contribution in [3.8, 4) is 22.6 Å². The van der Waals surface area contributed by atoms with E-state index in [1.807, 2.05) is 37.3 Å². The molecule has 0 unspecified atom stereocenters. The summed E-state index contributed by atoms with van der Waals surface area (Å²) in [4.78, 5) is 242. The minimum atomic E-state index is -1.94. The molecule has 0 radical (unpaired) electrons. The van der Waals surface area contributed by atoms with Crippen LogP contribution in [-0.2, 0) is 122 Å². The van der Waals surface area contributed by atoms with Crippen molar-refractivity contribution < 1.29 is 92.0 Å². The van der Waals surface area contributed by atoms with Crippen LogP contribution in [0.25, 0.3) is 11.1 Å². The summed E-state index contributed by atoms with van der Waals surface area (Å²) >= 11 is 0.829. The first kappa shape index (κ1) is 105. The maximum Gasteiger partial charge on any atom is 0.305 e. The number of nitrogens with one attached hydrogen (secondary N) is 9. The summed E-state index contributed by atoms with van der Waals surface area (Å²) in [7, 11) is 6.55. The fourth-order valence-corrected chi connectivity index (χ4v) is 16.6. The Morgan fingerprint density at radius 1 is 0.390 bits per heavy atom. The van der Waals surface area contributed by atoms with Crippen molar-refractivity contribution in [3.63, 3.8) is 0 Å². The van der Waals surface area contributed by atoms with E-state index in [9.17, 15) is 48.9 Å². The van der Waals surface area contributed by atoms with Gasteiger partial charge in [-0.3, -0.25) is 76.7 Å². The minimum Gasteiger partial charge on any atom is -0.508 e. The summed E-state index contributed by atoms with van der Waals surface area (Å²) in [6.45, 7) is 3.03. The van der Waals surface area contributed by atoms with Gasteiger partial charge in [-0.2, -0.15) is 0 Å². The van der Waals surface area contributed by atoms with Gasteiger partial charge in [0.15, 0.2) is 0 Å². The van der Waals surface area contributed by atoms with Gasteiger partial charge in [-0.15, -0.1) is 11.8 Å². The van der Waals surface area contributed by atoms with Crippen LogP contribution in [0.5, 0.6) is 11.5 Å². The van der Waals surface area contributed by atoms with Crippen LogP contribution in [-0.4, -0.2) is 267 Å². The zero-order valence-corrected chi connectivity index (χ0v) is 78.2. The average Bonchev–Trinajstić information content (AvgIpc) is 0.810. The Bertz CT molecular complexity index is 5420. The first-order chi connectivity index (χ1) is 65.0. The molecule has 9 rings (SSSR count). The lowest BCUT2D eigenvalue weighted by Gasteiger charge is -2.37. The van der Waals surface area contributed by atoms with Crippen LogP contribution in [0.4, 0.5) is 0 Å². The molecule has 0 spiro atoms. The number of rotatable bonds is 25. The predicted octanol–water partition coefficient (Wildman–Crippen LogP) is 4.10. The molecule has 0 aliphatic carbocycles. The highest BCUT2D eigenvalue weighted by Gasteiger charge is 2.42. The zero-order chi connectivity index (χ0) is 98.7. The molecule has 14 N–H and O–H groups in total. The van der Waals surface area contributed by atoms with E-state index in [1.54, 1.807) is 159 Å². The molecule has 8 aromatic carbocycles. The SMILES string of the molecule is CCCC[C@H]1C(=O)N(C)CC(=O)N[C@@H](CC(=O)O)C(=O)N[C@@H](Cc2ccccc2)C(=O)N(C)[C@@H](Cc2ccccc2)C(=O)N[C@@H](Cc2ccc(O)cc2)C(=O)N(C)CC(=O)N[C@@H](Cc2ccc(-c3ccccc3)cc2)C(=O)N[C@@H](Cc2ccc(O)cc2)C(=O)N[C@@H](CC(C)C)C(=O)N[C@H](C(=O)NCC(N)=O)CSCC(=O)N[C@@H](Cc2ccccc2)C(=O)N(C)[C@@H](Cc2ccccc2)C(=O)N1C. The number of carbonyl (C=O) groups is 16. The molecule has 11 atom stereocenters. The van der Waals surface area contributed by atoms with Crippen molar-refractivity contribution in [2.24, 2.45) is 11.7 Å². The second kappa shape index (κ2) is 52.0. The normalized spacial score (nSPS) is 21.2. The number of thioether (sulfide) groups is 1. The molecule has 1 heterocycles. The molecule has 8 aromatic rings. The summed E-state index contributed by atoms with van der Waals surface area (Å²) in [5.74, 6) is -16.8. The van der Waals surface area contributed by atoms with Gasteiger partial charge >= 0.3 is 5.97 Å². The van der Waals surface area contributed by atoms with Gasteiger partial charge in [0.2, 0.25) is 88.6 Å². The number of nitrogens with zero attached hydrogens (tertiary/aromatic N) is 5. The van der Waals surface area contributed by atoms with Crippen LogP contribution in [0, 0.1) is 5.92 Å². The summed E-state index contributed by atoms with van der Waals surface area (Å²) in [5, 5.41) is 55.4. The summed E-state index contributed by atoms with van der Waals surface area (Å²) in [6, 6.07) is 44.7. The molecule has 1 aliphatic rings. The second-order valence-electron chi connectivity index (χ2n) is 34.3. The fraction of sp³-hybridized carbons (Fsp3) is 0.366. The van der Waals surface area contributed by atoms with Gasteiger partial charge in [-0.05, 0) is 93.1 Å². The fourth-order valence-electron chi connectivity index (χ4n) is 15.7. The Balaban J connectivity index is 1.13. The number of nitrogens with two attached hydrogens (primary N) is 1. The smallest absolute Gasteiger partial charge is 0.305 e. The van der Waals surface area contributed by atoms with Crippen LogP contribution < -0.4 is 53.6 Å². The number of aliphatic carboxylic acids is 1. The Hall–Kier alpha value is -14.8. The lowest BCUT2D eigenvalue weighted by Crippen LogP contribution is -2.60. The van der Waals surface area contributed by atoms with E-state index in [2.05, 4.69) is 47.9 Å². The number of carboxylic acids is 1. The predicted molar refractivity (Wildman–Crippen MR) is 511 cm³/mol. The molecule has 0 aromatic heterocycles. The number of carbonyl (C=O) groups excluding carboxylic acids is 15. The maximum absolute atomic E-state index is 15.7. The highest BCUT2D eigenvalue weighted by Crippen LogP contribution is 2.25. The monoisotopic (exact) mass is 1880 g/mol. The Morgan fingerprint density at radius 3 is 1.21 bits per heavy atom. The highest BCUT2D eigenvalue weighted by atomic mass is 32.2. The number of amides is 15. The van der Waals surface area contributed by atoms with Gasteiger partial charge < -0.3 is 93.4 Å². The van der Waals surface area contributed by atoms with Crippen molar-refractivity contribution in [2.75, 3.05) is 66.4 Å². The number of aromatic hydroxyl groups is 2. The number of phenolic OH excluding ortho intramolecular Hbond substituents is 2. The third kappa shape index (κ3) is 32.6. The molecular weight excluding hydrogens is 1760 g/mol. The van der Waals surface area contributed by atoms with Gasteiger partial charge in [0, 0.05) is 85.9 Å². The Morgan fingerprint density at radius 2 is 0.743 bits per heavy atom. The molecule has 15 amide bonds. The van der Waals surface area contributed by atoms with Crippen LogP contribution in [0.1, 0.15) is 91.8 Å². The van der Waals surface area contributed by atoms with Crippen molar-refractivity contribution in [1.82, 2.24) is 72.4 Å². The van der Waals surface area contributed by atoms with E-state index in [-0.39, 0.29) is 75.2 Å². The van der Waals surface area contributed by atoms with E-state index < -0.39 is 199 Å². The standard InChI is InChI=1S/C101H121N15O19S/c1-9-10-36-83-100(134)113(5)60-88(121)105-78(57-90(123)124)95(129)109-81(53-65-28-18-12-19-29-65)99(133)115(7)84(55-66-30-20-13-21-31-66)96(130)110-79(54-70-41-47-74(118)48-42-70)97(131)112(4)59-87(120)104-76(50-68-37-43-72(44-38-68)71-34-24-15-25-35-71)93(127)108-77(51-69-39-45-73(117)46-40-69)94(128)107-75(49-63(2)3)92(126)111-82(91(125)103-58-86(102)119)61-136-62-89(122)106-80(52-64-26-16-11-17-27-64)98(132)116(8)85(101(135)114(83)6)56-67-32-22-14-23-33-67/h11-35,37-48,63,75-85,117-118H,9-10,36,49-62H2,1-8H3,(H2,102,119)(H,103,125)(H,104,120)(H,105,121)(H,106,122)(H,107,128)(H,108,127)(H,109,129)(H,110,130)(H,111,126)(H,123,124)/t75-,76-,77-,78-,79-,80-,81-,82-,83-,84-,85-/m0/s1. The summed E-state index contributed by atoms with van der Waals surface area (Å²) < 4.78 is 0. The zero-order valence-electron chi connectivity index (χ0n) is 77.4. The van der Waals surface area contributed by atoms with Crippen molar-refractivity contribution in [1.29, 1.82) is 0 Å². The van der Waals surface area contributed by atoms with Crippen LogP contribution in [0.2, 0.25) is 0 Å². The third-order valence-corrected chi connectivity index (χ3v) is 24.2. The Kier molecular flexibility index (Phi) is 40.2. The highest BCUT2D eigenvalue weighted by molar-refractivity contribution is 8.00. The number of carboxylic acid groups (broad SMARTS) is 1. The quantitative estimate of drug-likeness (QED) is 0.0383. The first-order valence-corrected chi connectivity index (χ1v) is 46.1. The number of hydrogen-bond donors (Lipinski definition) is 13. The lowest BCUT2D eigenvalue weighted by atomic mass is 9.99. The maximum atomic E-state index is 15.7. The number of hydrogen-bond acceptors (Lipinski definition) is 19. The van der Waals surface area contributed by atoms with E-state index in [4.69, 9.17) is 5.73 Å². The van der Waals surface area contributed by atoms with Gasteiger partial charge in [0.05, 0.1) is 31.8 Å². The number of phenols is 2. The second-order valence-corrected chi connectivity index (χ2v) is 35.3. The van der Waals surface area contributed by atoms with Crippen molar-refractivity contribution in [2.45, 2.75) is 164 Å². The molecule has 34 nitrogen and oxygen atoms in total. The molecule has 0 bridgehead atoms. The topological polar surface area (TPSA) is 484 Å². The van der Waals surface area contributed by atoms with Gasteiger partial charge in [0.25, 0.3) is 0 Å². The number of unbranched alkanes of at least 4 members (excludes halogenated alkanes) is 1. The van der Waals surface area contributed by atoms with E-state index in [0.29, 0.717) is 51.8 Å². The molecule has 0 saturated carbocycles. The van der Waals surface area contributed by atoms with E-state index in [0.717, 1.165) is 37.6 Å². The van der Waals surface area contributed by atoms with Gasteiger partial charge in [-0.25, -0.2) is 0 Å². The average molecular weight is 1880 g/mol. The first-order valence-electron chi connectivity index (χ1n) is 44.9. The molecule has 720 valence electrons. The van der Waals surface area contributed by atoms with Crippen LogP contribution in [0.3, 0.4) is 0 Å². The summed E-state index contributed by atoms with van der Waals surface area (Å²) in [6.07, 6.45) is -1.92. The Labute approximate surface area is 794 Å². The summed E-state index contributed by atoms with van der Waals surface area (Å²) in [5.41, 5.74) is 10.6. The molecular formula is C101H121N15O19S. The van der Waals surface area contributed by atoms with Crippen molar-refractivity contribution in [3.05, 3.63) is 263 Å². The molecule has 35 heteroatoms. The van der Waals surface area contributed by atoms with E-state index in [1.165, 1.54) is 93.6 Å². The minimum absolute atomic E-state index is 0.0214. The van der Waals surface area contributed by atoms with Gasteiger partial charge in [0.1, 0.15) is 78.0 Å². The molecule has 1 fully saturated rings. The van der Waals surface area contributed by atoms with Crippen LogP contribution >= 0.6 is 11.8 Å². The molecule has 1 saturated heterocycles. The lowest BCUT2D eigenvalue weighted by molar-refractivity contribution is -0.151. The van der Waals surface area contributed by atoms with Crippen LogP contribution in [0.15, 0.2) is 224 Å². The number of benzene rings is 8. The van der Waals surface area contributed by atoms with E-state index >= 15 is 43.2 Å². The third-order valence-electron chi connectivity index (χ3n) is 23.1.